The van der Waals surface area contributed by atoms with E-state index in [-0.39, 0.29) is 12.4 Å². The summed E-state index contributed by atoms with van der Waals surface area (Å²) < 4.78 is 0. The number of halogens is 1. The molecule has 2 aliphatic heterocycles. The first kappa shape index (κ1) is 11.7. The molecule has 2 nitrogen and oxygen atoms in total. The van der Waals surface area contributed by atoms with Crippen molar-refractivity contribution in [2.24, 2.45) is 0 Å². The minimum absolute atomic E-state index is 0. The Morgan fingerprint density at radius 1 is 1.07 bits per heavy atom. The second-order valence-corrected chi connectivity index (χ2v) is 5.38. The number of piperidine rings is 1. The maximum Gasteiger partial charge on any atom is 0.0226 e. The maximum atomic E-state index is 3.56. The van der Waals surface area contributed by atoms with Crippen LogP contribution in [-0.2, 0) is 0 Å². The topological polar surface area (TPSA) is 15.3 Å². The Labute approximate surface area is 99.2 Å². The average molecular weight is 231 g/mol. The van der Waals surface area contributed by atoms with Gasteiger partial charge in [-0.3, -0.25) is 4.90 Å². The summed E-state index contributed by atoms with van der Waals surface area (Å²) in [6.45, 7) is 3.88. The summed E-state index contributed by atoms with van der Waals surface area (Å²) >= 11 is 0. The van der Waals surface area contributed by atoms with Gasteiger partial charge in [0.1, 0.15) is 0 Å². The van der Waals surface area contributed by atoms with E-state index in [2.05, 4.69) is 10.2 Å². The van der Waals surface area contributed by atoms with Crippen molar-refractivity contribution in [1.82, 2.24) is 10.2 Å². The van der Waals surface area contributed by atoms with Crippen molar-refractivity contribution in [3.63, 3.8) is 0 Å². The SMILES string of the molecule is C1CNCC(N2CCCC23CCC3)C1.Cl. The lowest BCUT2D eigenvalue weighted by atomic mass is 9.74. The Balaban J connectivity index is 0.000000853. The molecule has 1 atom stereocenters. The molecule has 3 fully saturated rings. The molecule has 1 saturated carbocycles. The van der Waals surface area contributed by atoms with Crippen LogP contribution in [0, 0.1) is 0 Å². The van der Waals surface area contributed by atoms with Crippen LogP contribution in [0.25, 0.3) is 0 Å². The summed E-state index contributed by atoms with van der Waals surface area (Å²) in [5.74, 6) is 0. The Bertz CT molecular complexity index is 210. The van der Waals surface area contributed by atoms with Crippen LogP contribution in [0.1, 0.15) is 44.9 Å². The third kappa shape index (κ3) is 1.92. The summed E-state index contributed by atoms with van der Waals surface area (Å²) in [6, 6.07) is 0.867. The molecule has 0 aromatic carbocycles. The Morgan fingerprint density at radius 3 is 2.47 bits per heavy atom. The van der Waals surface area contributed by atoms with Gasteiger partial charge in [-0.1, -0.05) is 0 Å². The summed E-state index contributed by atoms with van der Waals surface area (Å²) in [5.41, 5.74) is 0.684. The fraction of sp³-hybridized carbons (Fsp3) is 1.00. The molecule has 1 unspecified atom stereocenters. The lowest BCUT2D eigenvalue weighted by Crippen LogP contribution is -2.57. The highest BCUT2D eigenvalue weighted by Gasteiger charge is 2.47. The van der Waals surface area contributed by atoms with Crippen LogP contribution < -0.4 is 5.32 Å². The van der Waals surface area contributed by atoms with E-state index in [0.29, 0.717) is 5.54 Å². The van der Waals surface area contributed by atoms with E-state index < -0.39 is 0 Å². The molecule has 0 bridgehead atoms. The molecule has 1 spiro atoms. The average Bonchev–Trinajstić information content (AvgIpc) is 2.62. The molecule has 1 aliphatic carbocycles. The first-order chi connectivity index (χ1) is 6.91. The molecule has 2 heterocycles. The number of rotatable bonds is 1. The van der Waals surface area contributed by atoms with E-state index in [1.165, 1.54) is 64.6 Å². The molecular weight excluding hydrogens is 208 g/mol. The van der Waals surface area contributed by atoms with E-state index >= 15 is 0 Å². The van der Waals surface area contributed by atoms with Gasteiger partial charge in [-0.15, -0.1) is 12.4 Å². The standard InChI is InChI=1S/C12H22N2.ClH/c1-4-11(10-13-8-1)14-9-3-7-12(14)5-2-6-12;/h11,13H,1-10H2;1H. The zero-order valence-electron chi connectivity index (χ0n) is 9.50. The van der Waals surface area contributed by atoms with Gasteiger partial charge in [0, 0.05) is 18.1 Å². The van der Waals surface area contributed by atoms with E-state index in [0.717, 1.165) is 6.04 Å². The van der Waals surface area contributed by atoms with Crippen LogP contribution in [0.4, 0.5) is 0 Å². The van der Waals surface area contributed by atoms with Crippen molar-refractivity contribution < 1.29 is 0 Å². The molecule has 3 heteroatoms. The fourth-order valence-electron chi connectivity index (χ4n) is 3.75. The molecule has 3 aliphatic rings. The first-order valence-electron chi connectivity index (χ1n) is 6.38. The van der Waals surface area contributed by atoms with Gasteiger partial charge < -0.3 is 5.32 Å². The van der Waals surface area contributed by atoms with Crippen molar-refractivity contribution in [2.45, 2.75) is 56.5 Å². The van der Waals surface area contributed by atoms with E-state index in [4.69, 9.17) is 0 Å². The van der Waals surface area contributed by atoms with E-state index in [9.17, 15) is 0 Å². The molecule has 0 amide bonds. The number of likely N-dealkylation sites (tertiary alicyclic amines) is 1. The van der Waals surface area contributed by atoms with Crippen molar-refractivity contribution >= 4 is 12.4 Å². The molecule has 88 valence electrons. The van der Waals surface area contributed by atoms with Gasteiger partial charge >= 0.3 is 0 Å². The van der Waals surface area contributed by atoms with Crippen LogP contribution in [0.5, 0.6) is 0 Å². The summed E-state index contributed by atoms with van der Waals surface area (Å²) in [4.78, 5) is 2.86. The Morgan fingerprint density at radius 2 is 1.87 bits per heavy atom. The minimum atomic E-state index is 0. The summed E-state index contributed by atoms with van der Waals surface area (Å²) in [7, 11) is 0. The van der Waals surface area contributed by atoms with Crippen molar-refractivity contribution in [1.29, 1.82) is 0 Å². The van der Waals surface area contributed by atoms with Gasteiger partial charge in [0.2, 0.25) is 0 Å². The summed E-state index contributed by atoms with van der Waals surface area (Å²) in [5, 5.41) is 3.56. The predicted octanol–water partition coefficient (Wildman–Crippen LogP) is 2.18. The van der Waals surface area contributed by atoms with Gasteiger partial charge in [-0.2, -0.15) is 0 Å². The molecule has 0 radical (unpaired) electrons. The van der Waals surface area contributed by atoms with Crippen LogP contribution in [0.3, 0.4) is 0 Å². The van der Waals surface area contributed by atoms with Crippen molar-refractivity contribution in [2.75, 3.05) is 19.6 Å². The number of hydrogen-bond donors (Lipinski definition) is 1. The molecule has 0 aromatic rings. The molecule has 3 rings (SSSR count). The smallest absolute Gasteiger partial charge is 0.0226 e. The van der Waals surface area contributed by atoms with Crippen molar-refractivity contribution in [3.05, 3.63) is 0 Å². The van der Waals surface area contributed by atoms with Crippen molar-refractivity contribution in [3.8, 4) is 0 Å². The van der Waals surface area contributed by atoms with Gasteiger partial charge in [-0.25, -0.2) is 0 Å². The quantitative estimate of drug-likeness (QED) is 0.743. The lowest BCUT2D eigenvalue weighted by Gasteiger charge is -2.50. The number of hydrogen-bond acceptors (Lipinski definition) is 2. The molecule has 2 saturated heterocycles. The van der Waals surface area contributed by atoms with Crippen LogP contribution in [-0.4, -0.2) is 36.1 Å². The molecule has 15 heavy (non-hydrogen) atoms. The lowest BCUT2D eigenvalue weighted by molar-refractivity contribution is 0.0118. The highest BCUT2D eigenvalue weighted by molar-refractivity contribution is 5.85. The highest BCUT2D eigenvalue weighted by Crippen LogP contribution is 2.46. The minimum Gasteiger partial charge on any atom is -0.315 e. The number of nitrogens with one attached hydrogen (secondary N) is 1. The molecular formula is C12H23ClN2. The normalized spacial score (nSPS) is 34.8. The third-order valence-electron chi connectivity index (χ3n) is 4.65. The maximum absolute atomic E-state index is 3.56. The molecule has 0 aromatic heterocycles. The van der Waals surface area contributed by atoms with Crippen LogP contribution in [0.15, 0.2) is 0 Å². The number of nitrogens with zero attached hydrogens (tertiary/aromatic N) is 1. The van der Waals surface area contributed by atoms with Crippen LogP contribution in [0.2, 0.25) is 0 Å². The van der Waals surface area contributed by atoms with E-state index in [1.807, 2.05) is 0 Å². The van der Waals surface area contributed by atoms with Gasteiger partial charge in [0.05, 0.1) is 0 Å². The molecule has 1 N–H and O–H groups in total. The summed E-state index contributed by atoms with van der Waals surface area (Å²) in [6.07, 6.45) is 10.2. The Kier molecular flexibility index (Phi) is 3.59. The fourth-order valence-corrected chi connectivity index (χ4v) is 3.75. The third-order valence-corrected chi connectivity index (χ3v) is 4.65. The zero-order chi connectivity index (χ0) is 9.43. The van der Waals surface area contributed by atoms with Crippen LogP contribution >= 0.6 is 12.4 Å². The monoisotopic (exact) mass is 230 g/mol. The first-order valence-corrected chi connectivity index (χ1v) is 6.38. The van der Waals surface area contributed by atoms with Gasteiger partial charge in [0.25, 0.3) is 0 Å². The van der Waals surface area contributed by atoms with Gasteiger partial charge in [-0.05, 0) is 58.0 Å². The highest BCUT2D eigenvalue weighted by atomic mass is 35.5. The van der Waals surface area contributed by atoms with Gasteiger partial charge in [0.15, 0.2) is 0 Å². The second-order valence-electron chi connectivity index (χ2n) is 5.38. The second kappa shape index (κ2) is 4.60. The van der Waals surface area contributed by atoms with E-state index in [1.54, 1.807) is 0 Å². The Hall–Kier alpha value is 0.210. The predicted molar refractivity (Wildman–Crippen MR) is 65.7 cm³/mol. The zero-order valence-corrected chi connectivity index (χ0v) is 10.3. The largest absolute Gasteiger partial charge is 0.315 e.